The molecule has 0 radical (unpaired) electrons. The standard InChI is InChI=1S/C11H7FN2O2S/c12-7-1-2-10(14-6-7)17-8-3-4-13-9(5-8)11(15)16/h1-6H,(H,15,16). The lowest BCUT2D eigenvalue weighted by Gasteiger charge is -2.01. The fourth-order valence-electron chi connectivity index (χ4n) is 1.13. The Hall–Kier alpha value is -1.95. The minimum Gasteiger partial charge on any atom is -0.477 e. The highest BCUT2D eigenvalue weighted by molar-refractivity contribution is 7.99. The van der Waals surface area contributed by atoms with E-state index in [0.29, 0.717) is 9.92 Å². The first-order valence-electron chi connectivity index (χ1n) is 4.64. The molecule has 2 aromatic rings. The van der Waals surface area contributed by atoms with Gasteiger partial charge in [-0.15, -0.1) is 0 Å². The Balaban J connectivity index is 2.21. The lowest BCUT2D eigenvalue weighted by Crippen LogP contribution is -1.99. The van der Waals surface area contributed by atoms with Gasteiger partial charge in [-0.3, -0.25) is 0 Å². The maximum absolute atomic E-state index is 12.6. The number of hydrogen-bond donors (Lipinski definition) is 1. The quantitative estimate of drug-likeness (QED) is 0.906. The van der Waals surface area contributed by atoms with Gasteiger partial charge in [-0.25, -0.2) is 19.2 Å². The van der Waals surface area contributed by atoms with Crippen LogP contribution in [-0.4, -0.2) is 21.0 Å². The highest BCUT2D eigenvalue weighted by Crippen LogP contribution is 2.25. The maximum Gasteiger partial charge on any atom is 0.354 e. The van der Waals surface area contributed by atoms with Gasteiger partial charge in [0.1, 0.15) is 16.5 Å². The predicted octanol–water partition coefficient (Wildman–Crippen LogP) is 2.47. The summed E-state index contributed by atoms with van der Waals surface area (Å²) in [6.45, 7) is 0. The van der Waals surface area contributed by atoms with E-state index in [1.165, 1.54) is 36.2 Å². The zero-order valence-electron chi connectivity index (χ0n) is 8.50. The summed E-state index contributed by atoms with van der Waals surface area (Å²) in [6, 6.07) is 5.94. The van der Waals surface area contributed by atoms with Gasteiger partial charge in [-0.05, 0) is 24.3 Å². The van der Waals surface area contributed by atoms with Crippen molar-refractivity contribution < 1.29 is 14.3 Å². The largest absolute Gasteiger partial charge is 0.477 e. The van der Waals surface area contributed by atoms with Gasteiger partial charge in [0.2, 0.25) is 0 Å². The number of pyridine rings is 2. The van der Waals surface area contributed by atoms with Gasteiger partial charge in [0.15, 0.2) is 0 Å². The lowest BCUT2D eigenvalue weighted by atomic mass is 10.3. The normalized spacial score (nSPS) is 10.2. The number of rotatable bonds is 3. The molecule has 6 heteroatoms. The summed E-state index contributed by atoms with van der Waals surface area (Å²) >= 11 is 1.25. The summed E-state index contributed by atoms with van der Waals surface area (Å²) in [7, 11) is 0. The summed E-state index contributed by atoms with van der Waals surface area (Å²) in [5, 5.41) is 9.37. The zero-order chi connectivity index (χ0) is 12.3. The average molecular weight is 250 g/mol. The number of aromatic nitrogens is 2. The third-order valence-corrected chi connectivity index (χ3v) is 2.81. The van der Waals surface area contributed by atoms with Gasteiger partial charge >= 0.3 is 5.97 Å². The van der Waals surface area contributed by atoms with Crippen molar-refractivity contribution in [2.24, 2.45) is 0 Å². The molecule has 86 valence electrons. The second kappa shape index (κ2) is 4.92. The first kappa shape index (κ1) is 11.5. The second-order valence-electron chi connectivity index (χ2n) is 3.10. The van der Waals surface area contributed by atoms with Crippen LogP contribution in [0, 0.1) is 5.82 Å². The minimum absolute atomic E-state index is 0.0305. The Morgan fingerprint density at radius 3 is 2.76 bits per heavy atom. The average Bonchev–Trinajstić information content (AvgIpc) is 2.32. The van der Waals surface area contributed by atoms with Crippen LogP contribution in [0.1, 0.15) is 10.5 Å². The van der Waals surface area contributed by atoms with E-state index >= 15 is 0 Å². The Labute approximate surface area is 101 Å². The third kappa shape index (κ3) is 3.01. The van der Waals surface area contributed by atoms with Crippen molar-refractivity contribution >= 4 is 17.7 Å². The molecule has 0 saturated carbocycles. The second-order valence-corrected chi connectivity index (χ2v) is 4.19. The van der Waals surface area contributed by atoms with Crippen LogP contribution in [-0.2, 0) is 0 Å². The zero-order valence-corrected chi connectivity index (χ0v) is 9.32. The summed E-state index contributed by atoms with van der Waals surface area (Å²) in [5.74, 6) is -1.49. The summed E-state index contributed by atoms with van der Waals surface area (Å²) < 4.78 is 12.6. The van der Waals surface area contributed by atoms with Crippen molar-refractivity contribution in [2.75, 3.05) is 0 Å². The van der Waals surface area contributed by atoms with E-state index in [2.05, 4.69) is 9.97 Å². The Kier molecular flexibility index (Phi) is 3.34. The molecule has 4 nitrogen and oxygen atoms in total. The van der Waals surface area contributed by atoms with E-state index < -0.39 is 11.8 Å². The highest BCUT2D eigenvalue weighted by atomic mass is 32.2. The summed E-state index contributed by atoms with van der Waals surface area (Å²) in [6.07, 6.45) is 2.52. The van der Waals surface area contributed by atoms with E-state index in [4.69, 9.17) is 5.11 Å². The molecule has 2 rings (SSSR count). The molecule has 1 N–H and O–H groups in total. The van der Waals surface area contributed by atoms with Gasteiger partial charge in [0, 0.05) is 11.1 Å². The van der Waals surface area contributed by atoms with Crippen LogP contribution in [0.3, 0.4) is 0 Å². The van der Waals surface area contributed by atoms with Gasteiger partial charge in [0.05, 0.1) is 6.20 Å². The van der Waals surface area contributed by atoms with Crippen LogP contribution in [0.5, 0.6) is 0 Å². The number of aromatic carboxylic acids is 1. The van der Waals surface area contributed by atoms with Crippen LogP contribution in [0.15, 0.2) is 46.6 Å². The van der Waals surface area contributed by atoms with Gasteiger partial charge in [-0.1, -0.05) is 11.8 Å². The Bertz CT molecular complexity index is 545. The molecule has 0 saturated heterocycles. The molecule has 0 aliphatic carbocycles. The highest BCUT2D eigenvalue weighted by Gasteiger charge is 2.06. The molecule has 0 aliphatic rings. The van der Waals surface area contributed by atoms with Crippen LogP contribution in [0.25, 0.3) is 0 Å². The van der Waals surface area contributed by atoms with Crippen LogP contribution in [0.4, 0.5) is 4.39 Å². The van der Waals surface area contributed by atoms with E-state index in [9.17, 15) is 9.18 Å². The fraction of sp³-hybridized carbons (Fsp3) is 0. The monoisotopic (exact) mass is 250 g/mol. The Morgan fingerprint density at radius 2 is 2.12 bits per heavy atom. The van der Waals surface area contributed by atoms with E-state index in [1.807, 2.05) is 0 Å². The number of carboxylic acids is 1. The molecule has 0 bridgehead atoms. The van der Waals surface area contributed by atoms with Crippen LogP contribution >= 0.6 is 11.8 Å². The van der Waals surface area contributed by atoms with E-state index in [-0.39, 0.29) is 5.69 Å². The summed E-state index contributed by atoms with van der Waals surface area (Å²) in [5.41, 5.74) is -0.0305. The van der Waals surface area contributed by atoms with Crippen LogP contribution < -0.4 is 0 Å². The molecule has 0 aromatic carbocycles. The maximum atomic E-state index is 12.6. The smallest absolute Gasteiger partial charge is 0.354 e. The minimum atomic E-state index is -1.08. The number of halogens is 1. The van der Waals surface area contributed by atoms with E-state index in [1.54, 1.807) is 6.07 Å². The third-order valence-electron chi connectivity index (χ3n) is 1.87. The van der Waals surface area contributed by atoms with E-state index in [0.717, 1.165) is 6.20 Å². The first-order chi connectivity index (χ1) is 8.15. The fourth-order valence-corrected chi connectivity index (χ4v) is 1.92. The summed E-state index contributed by atoms with van der Waals surface area (Å²) in [4.78, 5) is 19.0. The molecule has 0 unspecified atom stereocenters. The lowest BCUT2D eigenvalue weighted by molar-refractivity contribution is 0.0690. The molecule has 0 amide bonds. The molecule has 0 fully saturated rings. The number of nitrogens with zero attached hydrogens (tertiary/aromatic N) is 2. The van der Waals surface area contributed by atoms with Crippen molar-refractivity contribution in [2.45, 2.75) is 9.92 Å². The van der Waals surface area contributed by atoms with Gasteiger partial charge in [-0.2, -0.15) is 0 Å². The number of carbonyl (C=O) groups is 1. The SMILES string of the molecule is O=C(O)c1cc(Sc2ccc(F)cn2)ccn1. The van der Waals surface area contributed by atoms with Crippen molar-refractivity contribution in [1.82, 2.24) is 9.97 Å². The first-order valence-corrected chi connectivity index (χ1v) is 5.45. The topological polar surface area (TPSA) is 63.1 Å². The predicted molar refractivity (Wildman–Crippen MR) is 59.5 cm³/mol. The van der Waals surface area contributed by atoms with Crippen LogP contribution in [0.2, 0.25) is 0 Å². The van der Waals surface area contributed by atoms with Crippen molar-refractivity contribution in [3.05, 3.63) is 48.2 Å². The van der Waals surface area contributed by atoms with Crippen molar-refractivity contribution in [3.8, 4) is 0 Å². The molecule has 2 heterocycles. The molecule has 0 aliphatic heterocycles. The molecule has 0 atom stereocenters. The van der Waals surface area contributed by atoms with Crippen molar-refractivity contribution in [3.63, 3.8) is 0 Å². The molecule has 17 heavy (non-hydrogen) atoms. The molecular formula is C11H7FN2O2S. The van der Waals surface area contributed by atoms with Gasteiger partial charge in [0.25, 0.3) is 0 Å². The molecule has 0 spiro atoms. The number of carboxylic acid groups (broad SMARTS) is 1. The molecule has 2 aromatic heterocycles. The Morgan fingerprint density at radius 1 is 1.29 bits per heavy atom. The van der Waals surface area contributed by atoms with Gasteiger partial charge < -0.3 is 5.11 Å². The molecular weight excluding hydrogens is 243 g/mol. The number of hydrogen-bond acceptors (Lipinski definition) is 4. The van der Waals surface area contributed by atoms with Crippen molar-refractivity contribution in [1.29, 1.82) is 0 Å².